The second-order valence-corrected chi connectivity index (χ2v) is 6.32. The molecule has 8 heteroatoms. The number of amides is 1. The maximum absolute atomic E-state index is 12.4. The van der Waals surface area contributed by atoms with E-state index in [4.69, 9.17) is 5.73 Å². The molecule has 0 aliphatic carbocycles. The summed E-state index contributed by atoms with van der Waals surface area (Å²) in [6.07, 6.45) is 0.812. The number of nitrogens with two attached hydrogens (primary N) is 1. The number of carbonyl (C=O) groups excluding carboxylic acids is 1. The number of aromatic amines is 1. The molecule has 1 aliphatic heterocycles. The van der Waals surface area contributed by atoms with Crippen molar-refractivity contribution in [3.05, 3.63) is 46.5 Å². The summed E-state index contributed by atoms with van der Waals surface area (Å²) in [4.78, 5) is 28.6. The zero-order valence-electron chi connectivity index (χ0n) is 13.8. The van der Waals surface area contributed by atoms with Crippen molar-refractivity contribution < 1.29 is 4.79 Å². The summed E-state index contributed by atoms with van der Waals surface area (Å²) in [5.41, 5.74) is 9.02. The Morgan fingerprint density at radius 1 is 1.28 bits per heavy atom. The summed E-state index contributed by atoms with van der Waals surface area (Å²) >= 11 is 0. The molecule has 3 aromatic rings. The Hall–Kier alpha value is -3.00. The molecule has 3 heterocycles. The van der Waals surface area contributed by atoms with Crippen LogP contribution < -0.4 is 11.4 Å². The van der Waals surface area contributed by atoms with Crippen molar-refractivity contribution in [1.29, 1.82) is 0 Å². The van der Waals surface area contributed by atoms with Gasteiger partial charge in [-0.3, -0.25) is 9.36 Å². The lowest BCUT2D eigenvalue weighted by molar-refractivity contribution is 0.0784. The van der Waals surface area contributed by atoms with Crippen molar-refractivity contribution in [2.24, 2.45) is 12.8 Å². The van der Waals surface area contributed by atoms with E-state index in [-0.39, 0.29) is 17.6 Å². The molecule has 1 atom stereocenters. The van der Waals surface area contributed by atoms with E-state index in [9.17, 15) is 9.59 Å². The standard InChI is InChI=1S/C17H18N6O2/c1-22-15-8-10(2-3-13(15)19-17(22)25)12-4-5-14(21-20-12)16(24)23-7-6-11(18)9-23/h2-5,8,11H,6-7,9,18H2,1H3,(H,19,25). The Bertz CT molecular complexity index is 1000. The van der Waals surface area contributed by atoms with Gasteiger partial charge in [-0.05, 0) is 30.7 Å². The third-order valence-corrected chi connectivity index (χ3v) is 4.60. The molecule has 8 nitrogen and oxygen atoms in total. The molecule has 1 aliphatic rings. The van der Waals surface area contributed by atoms with E-state index in [1.54, 1.807) is 28.6 Å². The van der Waals surface area contributed by atoms with Gasteiger partial charge >= 0.3 is 5.69 Å². The molecule has 1 amide bonds. The number of aryl methyl sites for hydroxylation is 1. The smallest absolute Gasteiger partial charge is 0.326 e. The van der Waals surface area contributed by atoms with Crippen LogP contribution in [0.1, 0.15) is 16.9 Å². The molecule has 128 valence electrons. The molecule has 1 unspecified atom stereocenters. The Morgan fingerprint density at radius 2 is 2.12 bits per heavy atom. The first-order valence-corrected chi connectivity index (χ1v) is 8.10. The van der Waals surface area contributed by atoms with E-state index in [2.05, 4.69) is 15.2 Å². The van der Waals surface area contributed by atoms with Crippen LogP contribution in [0.3, 0.4) is 0 Å². The SMILES string of the molecule is Cn1c(=O)[nH]c2ccc(-c3ccc(C(=O)N4CCC(N)C4)nn3)cc21. The predicted octanol–water partition coefficient (Wildman–Crippen LogP) is 0.497. The molecule has 1 saturated heterocycles. The van der Waals surface area contributed by atoms with Gasteiger partial charge in [-0.1, -0.05) is 6.07 Å². The second-order valence-electron chi connectivity index (χ2n) is 6.32. The number of hydrogen-bond acceptors (Lipinski definition) is 5. The fourth-order valence-corrected chi connectivity index (χ4v) is 3.12. The van der Waals surface area contributed by atoms with E-state index < -0.39 is 0 Å². The number of nitrogens with one attached hydrogen (secondary N) is 1. The molecule has 2 aromatic heterocycles. The van der Waals surface area contributed by atoms with Crippen molar-refractivity contribution in [3.63, 3.8) is 0 Å². The monoisotopic (exact) mass is 338 g/mol. The van der Waals surface area contributed by atoms with Crippen molar-refractivity contribution in [3.8, 4) is 11.3 Å². The van der Waals surface area contributed by atoms with Gasteiger partial charge in [-0.2, -0.15) is 0 Å². The lowest BCUT2D eigenvalue weighted by Gasteiger charge is -2.14. The predicted molar refractivity (Wildman–Crippen MR) is 93.1 cm³/mol. The van der Waals surface area contributed by atoms with Gasteiger partial charge in [0.2, 0.25) is 0 Å². The van der Waals surface area contributed by atoms with E-state index in [1.165, 1.54) is 0 Å². The Balaban J connectivity index is 1.63. The summed E-state index contributed by atoms with van der Waals surface area (Å²) in [5, 5.41) is 8.25. The highest BCUT2D eigenvalue weighted by Gasteiger charge is 2.25. The van der Waals surface area contributed by atoms with Gasteiger partial charge in [-0.25, -0.2) is 4.79 Å². The Labute approximate surface area is 143 Å². The van der Waals surface area contributed by atoms with Gasteiger partial charge in [-0.15, -0.1) is 10.2 Å². The summed E-state index contributed by atoms with van der Waals surface area (Å²) in [5.74, 6) is -0.143. The minimum absolute atomic E-state index is 0.0379. The van der Waals surface area contributed by atoms with Crippen molar-refractivity contribution in [2.45, 2.75) is 12.5 Å². The van der Waals surface area contributed by atoms with Crippen LogP contribution >= 0.6 is 0 Å². The topological polar surface area (TPSA) is 110 Å². The van der Waals surface area contributed by atoms with Crippen molar-refractivity contribution in [2.75, 3.05) is 13.1 Å². The molecule has 0 saturated carbocycles. The number of carbonyl (C=O) groups is 1. The maximum atomic E-state index is 12.4. The van der Waals surface area contributed by atoms with E-state index in [1.807, 2.05) is 18.2 Å². The van der Waals surface area contributed by atoms with Gasteiger partial charge in [0.15, 0.2) is 5.69 Å². The number of hydrogen-bond donors (Lipinski definition) is 2. The summed E-state index contributed by atoms with van der Waals surface area (Å²) in [6, 6.07) is 9.05. The van der Waals surface area contributed by atoms with Crippen LogP contribution in [-0.4, -0.2) is 49.7 Å². The first kappa shape index (κ1) is 15.5. The normalized spacial score (nSPS) is 17.4. The highest BCUT2D eigenvalue weighted by atomic mass is 16.2. The first-order valence-electron chi connectivity index (χ1n) is 8.10. The number of aromatic nitrogens is 4. The van der Waals surface area contributed by atoms with Crippen LogP contribution in [0.25, 0.3) is 22.3 Å². The third kappa shape index (κ3) is 2.70. The quantitative estimate of drug-likeness (QED) is 0.707. The number of H-pyrrole nitrogens is 1. The largest absolute Gasteiger partial charge is 0.336 e. The zero-order valence-corrected chi connectivity index (χ0v) is 13.8. The Kier molecular flexibility index (Phi) is 3.61. The van der Waals surface area contributed by atoms with Gasteiger partial charge in [0.05, 0.1) is 16.7 Å². The summed E-state index contributed by atoms with van der Waals surface area (Å²) in [6.45, 7) is 1.21. The molecule has 1 aromatic carbocycles. The molecule has 25 heavy (non-hydrogen) atoms. The number of nitrogens with zero attached hydrogens (tertiary/aromatic N) is 4. The Morgan fingerprint density at radius 3 is 2.80 bits per heavy atom. The average molecular weight is 338 g/mol. The van der Waals surface area contributed by atoms with Crippen LogP contribution in [-0.2, 0) is 7.05 Å². The van der Waals surface area contributed by atoms with E-state index in [0.29, 0.717) is 24.5 Å². The fraction of sp³-hybridized carbons (Fsp3) is 0.294. The number of imidazole rings is 1. The summed E-state index contributed by atoms with van der Waals surface area (Å²) in [7, 11) is 1.71. The zero-order chi connectivity index (χ0) is 17.6. The number of fused-ring (bicyclic) bond motifs is 1. The number of likely N-dealkylation sites (tertiary alicyclic amines) is 1. The highest BCUT2D eigenvalue weighted by Crippen LogP contribution is 2.21. The second kappa shape index (κ2) is 5.82. The van der Waals surface area contributed by atoms with Crippen molar-refractivity contribution >= 4 is 16.9 Å². The van der Waals surface area contributed by atoms with Crippen LogP contribution in [0.2, 0.25) is 0 Å². The lowest BCUT2D eigenvalue weighted by Crippen LogP contribution is -2.32. The molecule has 4 rings (SSSR count). The molecule has 3 N–H and O–H groups in total. The van der Waals surface area contributed by atoms with Crippen molar-refractivity contribution in [1.82, 2.24) is 24.6 Å². The fourth-order valence-electron chi connectivity index (χ4n) is 3.12. The summed E-state index contributed by atoms with van der Waals surface area (Å²) < 4.78 is 1.54. The third-order valence-electron chi connectivity index (χ3n) is 4.60. The minimum Gasteiger partial charge on any atom is -0.336 e. The van der Waals surface area contributed by atoms with E-state index >= 15 is 0 Å². The van der Waals surface area contributed by atoms with Crippen LogP contribution in [0.15, 0.2) is 35.1 Å². The molecule has 1 fully saturated rings. The van der Waals surface area contributed by atoms with Gasteiger partial charge in [0.1, 0.15) is 0 Å². The lowest BCUT2D eigenvalue weighted by atomic mass is 10.1. The minimum atomic E-state index is -0.164. The van der Waals surface area contributed by atoms with Gasteiger partial charge < -0.3 is 15.6 Å². The molecule has 0 bridgehead atoms. The van der Waals surface area contributed by atoms with Crippen LogP contribution in [0.4, 0.5) is 0 Å². The highest BCUT2D eigenvalue weighted by molar-refractivity contribution is 5.92. The molecular formula is C17H18N6O2. The van der Waals surface area contributed by atoms with Gasteiger partial charge in [0.25, 0.3) is 5.91 Å². The number of benzene rings is 1. The first-order chi connectivity index (χ1) is 12.0. The van der Waals surface area contributed by atoms with E-state index in [0.717, 1.165) is 23.0 Å². The average Bonchev–Trinajstić information content (AvgIpc) is 3.18. The molecular weight excluding hydrogens is 320 g/mol. The van der Waals surface area contributed by atoms with Gasteiger partial charge in [0, 0.05) is 31.7 Å². The molecule has 0 radical (unpaired) electrons. The number of rotatable bonds is 2. The van der Waals surface area contributed by atoms with Crippen LogP contribution in [0.5, 0.6) is 0 Å². The molecule has 0 spiro atoms. The maximum Gasteiger partial charge on any atom is 0.326 e. The van der Waals surface area contributed by atoms with Crippen LogP contribution in [0, 0.1) is 0 Å².